The highest BCUT2D eigenvalue weighted by Crippen LogP contribution is 2.39. The molecule has 1 rings (SSSR count). The van der Waals surface area contributed by atoms with Gasteiger partial charge in [0.05, 0.1) is 6.10 Å². The minimum absolute atomic E-state index is 0.400. The van der Waals surface area contributed by atoms with Crippen molar-refractivity contribution in [3.8, 4) is 0 Å². The van der Waals surface area contributed by atoms with Crippen LogP contribution in [-0.2, 0) is 4.74 Å². The van der Waals surface area contributed by atoms with Gasteiger partial charge in [0, 0.05) is 17.6 Å². The molecule has 1 saturated heterocycles. The SMILES string of the molecule is CC(C)OCCCCCC1CCSS1. The fraction of sp³-hybridized carbons (Fsp3) is 1.00. The lowest BCUT2D eigenvalue weighted by Crippen LogP contribution is -2.04. The average molecular weight is 234 g/mol. The van der Waals surface area contributed by atoms with E-state index >= 15 is 0 Å². The Morgan fingerprint density at radius 1 is 1.29 bits per heavy atom. The van der Waals surface area contributed by atoms with E-state index in [2.05, 4.69) is 24.6 Å². The fourth-order valence-electron chi connectivity index (χ4n) is 1.53. The van der Waals surface area contributed by atoms with Crippen molar-refractivity contribution in [1.82, 2.24) is 0 Å². The Morgan fingerprint density at radius 3 is 2.79 bits per heavy atom. The Bertz CT molecular complexity index is 133. The number of hydrogen-bond acceptors (Lipinski definition) is 3. The minimum atomic E-state index is 0.400. The van der Waals surface area contributed by atoms with Gasteiger partial charge in [-0.15, -0.1) is 0 Å². The van der Waals surface area contributed by atoms with Crippen molar-refractivity contribution in [2.75, 3.05) is 12.4 Å². The Balaban J connectivity index is 1.79. The summed E-state index contributed by atoms with van der Waals surface area (Å²) in [6, 6.07) is 0. The average Bonchev–Trinajstić information content (AvgIpc) is 2.63. The predicted octanol–water partition coefficient (Wildman–Crippen LogP) is 4.13. The van der Waals surface area contributed by atoms with Gasteiger partial charge in [0.15, 0.2) is 0 Å². The van der Waals surface area contributed by atoms with E-state index in [0.717, 1.165) is 11.9 Å². The van der Waals surface area contributed by atoms with Crippen LogP contribution in [0.25, 0.3) is 0 Å². The zero-order valence-electron chi connectivity index (χ0n) is 9.33. The van der Waals surface area contributed by atoms with E-state index in [1.165, 1.54) is 37.9 Å². The molecule has 1 heterocycles. The van der Waals surface area contributed by atoms with Crippen LogP contribution in [-0.4, -0.2) is 23.7 Å². The topological polar surface area (TPSA) is 9.23 Å². The molecule has 0 aromatic heterocycles. The van der Waals surface area contributed by atoms with E-state index < -0.39 is 0 Å². The summed E-state index contributed by atoms with van der Waals surface area (Å²) in [7, 11) is 4.14. The van der Waals surface area contributed by atoms with Gasteiger partial charge >= 0.3 is 0 Å². The van der Waals surface area contributed by atoms with E-state index in [1.54, 1.807) is 0 Å². The van der Waals surface area contributed by atoms with Crippen LogP contribution in [0.4, 0.5) is 0 Å². The molecule has 0 bridgehead atoms. The molecule has 0 amide bonds. The maximum Gasteiger partial charge on any atom is 0.0518 e. The monoisotopic (exact) mass is 234 g/mol. The highest BCUT2D eigenvalue weighted by Gasteiger charge is 2.15. The van der Waals surface area contributed by atoms with Crippen molar-refractivity contribution in [2.45, 2.75) is 57.3 Å². The van der Waals surface area contributed by atoms with Crippen LogP contribution in [0.5, 0.6) is 0 Å². The summed E-state index contributed by atoms with van der Waals surface area (Å²) in [6.07, 6.45) is 7.21. The van der Waals surface area contributed by atoms with Crippen molar-refractivity contribution in [2.24, 2.45) is 0 Å². The molecule has 14 heavy (non-hydrogen) atoms. The van der Waals surface area contributed by atoms with Gasteiger partial charge in [-0.2, -0.15) is 0 Å². The molecule has 1 aliphatic heterocycles. The Kier molecular flexibility index (Phi) is 7.17. The summed E-state index contributed by atoms with van der Waals surface area (Å²) >= 11 is 0. The minimum Gasteiger partial charge on any atom is -0.379 e. The van der Waals surface area contributed by atoms with E-state index in [1.807, 2.05) is 10.8 Å². The highest BCUT2D eigenvalue weighted by molar-refractivity contribution is 8.77. The van der Waals surface area contributed by atoms with Crippen LogP contribution in [0, 0.1) is 0 Å². The quantitative estimate of drug-likeness (QED) is 0.484. The molecule has 0 radical (unpaired) electrons. The molecule has 0 N–H and O–H groups in total. The first kappa shape index (κ1) is 12.7. The molecule has 1 aliphatic rings. The van der Waals surface area contributed by atoms with Crippen LogP contribution in [0.1, 0.15) is 46.0 Å². The van der Waals surface area contributed by atoms with Crippen LogP contribution in [0.15, 0.2) is 0 Å². The van der Waals surface area contributed by atoms with Crippen LogP contribution >= 0.6 is 21.6 Å². The second-order valence-electron chi connectivity index (χ2n) is 4.10. The smallest absolute Gasteiger partial charge is 0.0518 e. The van der Waals surface area contributed by atoms with Gasteiger partial charge in [0.25, 0.3) is 0 Å². The van der Waals surface area contributed by atoms with Gasteiger partial charge in [0.2, 0.25) is 0 Å². The van der Waals surface area contributed by atoms with Crippen LogP contribution < -0.4 is 0 Å². The van der Waals surface area contributed by atoms with Crippen molar-refractivity contribution in [1.29, 1.82) is 0 Å². The van der Waals surface area contributed by atoms with Crippen molar-refractivity contribution in [3.05, 3.63) is 0 Å². The first-order valence-electron chi connectivity index (χ1n) is 5.69. The lowest BCUT2D eigenvalue weighted by Gasteiger charge is -2.08. The van der Waals surface area contributed by atoms with Crippen molar-refractivity contribution in [3.63, 3.8) is 0 Å². The summed E-state index contributed by atoms with van der Waals surface area (Å²) in [5, 5.41) is 0.950. The third-order valence-corrected chi connectivity index (χ3v) is 5.36. The van der Waals surface area contributed by atoms with E-state index in [9.17, 15) is 0 Å². The van der Waals surface area contributed by atoms with Gasteiger partial charge in [-0.05, 0) is 33.1 Å². The third-order valence-electron chi connectivity index (χ3n) is 2.35. The molecule has 1 nitrogen and oxygen atoms in total. The van der Waals surface area contributed by atoms with Gasteiger partial charge in [-0.3, -0.25) is 0 Å². The Morgan fingerprint density at radius 2 is 2.14 bits per heavy atom. The number of hydrogen-bond donors (Lipinski definition) is 0. The summed E-state index contributed by atoms with van der Waals surface area (Å²) in [5.41, 5.74) is 0. The molecule has 0 spiro atoms. The molecule has 0 saturated carbocycles. The second-order valence-corrected chi connectivity index (χ2v) is 6.89. The number of unbranched alkanes of at least 4 members (excludes halogenated alkanes) is 2. The van der Waals surface area contributed by atoms with Gasteiger partial charge in [-0.25, -0.2) is 0 Å². The third kappa shape index (κ3) is 6.20. The van der Waals surface area contributed by atoms with E-state index in [4.69, 9.17) is 4.74 Å². The number of ether oxygens (including phenoxy) is 1. The molecule has 3 heteroatoms. The summed E-state index contributed by atoms with van der Waals surface area (Å²) in [5.74, 6) is 1.37. The zero-order valence-corrected chi connectivity index (χ0v) is 11.0. The Hall–Kier alpha value is 0.660. The largest absolute Gasteiger partial charge is 0.379 e. The molecule has 1 fully saturated rings. The van der Waals surface area contributed by atoms with Crippen LogP contribution in [0.2, 0.25) is 0 Å². The molecule has 1 unspecified atom stereocenters. The predicted molar refractivity (Wildman–Crippen MR) is 68.0 cm³/mol. The fourth-order valence-corrected chi connectivity index (χ4v) is 4.56. The maximum atomic E-state index is 5.50. The van der Waals surface area contributed by atoms with Gasteiger partial charge < -0.3 is 4.74 Å². The molecule has 1 atom stereocenters. The summed E-state index contributed by atoms with van der Waals surface area (Å²) in [4.78, 5) is 0. The lowest BCUT2D eigenvalue weighted by molar-refractivity contribution is 0.0757. The molecular formula is C11H22OS2. The standard InChI is InChI=1S/C11H22OS2/c1-10(2)12-8-5-3-4-6-11-7-9-13-14-11/h10-11H,3-9H2,1-2H3. The van der Waals surface area contributed by atoms with E-state index in [0.29, 0.717) is 6.10 Å². The first-order valence-corrected chi connectivity index (χ1v) is 8.07. The van der Waals surface area contributed by atoms with Crippen molar-refractivity contribution < 1.29 is 4.74 Å². The normalized spacial score (nSPS) is 22.1. The highest BCUT2D eigenvalue weighted by atomic mass is 33.1. The molecule has 0 aromatic carbocycles. The zero-order chi connectivity index (χ0) is 10.2. The summed E-state index contributed by atoms with van der Waals surface area (Å²) in [6.45, 7) is 5.16. The molecular weight excluding hydrogens is 212 g/mol. The Labute approximate surface area is 96.1 Å². The number of rotatable bonds is 7. The van der Waals surface area contributed by atoms with Crippen molar-refractivity contribution >= 4 is 21.6 Å². The van der Waals surface area contributed by atoms with Crippen LogP contribution in [0.3, 0.4) is 0 Å². The summed E-state index contributed by atoms with van der Waals surface area (Å²) < 4.78 is 5.50. The molecule has 0 aromatic rings. The second kappa shape index (κ2) is 7.89. The van der Waals surface area contributed by atoms with E-state index in [-0.39, 0.29) is 0 Å². The van der Waals surface area contributed by atoms with Gasteiger partial charge in [-0.1, -0.05) is 34.4 Å². The first-order chi connectivity index (χ1) is 6.79. The maximum absolute atomic E-state index is 5.50. The lowest BCUT2D eigenvalue weighted by atomic mass is 10.1. The molecule has 84 valence electrons. The van der Waals surface area contributed by atoms with Gasteiger partial charge in [0.1, 0.15) is 0 Å². The molecule has 0 aliphatic carbocycles.